The maximum absolute atomic E-state index is 6.34. The van der Waals surface area contributed by atoms with Crippen LogP contribution in [0.25, 0.3) is 0 Å². The van der Waals surface area contributed by atoms with Crippen LogP contribution in [-0.2, 0) is 0 Å². The Labute approximate surface area is 187 Å². The summed E-state index contributed by atoms with van der Waals surface area (Å²) in [6, 6.07) is 1.02. The highest BCUT2D eigenvalue weighted by Gasteiger charge is 2.53. The van der Waals surface area contributed by atoms with Crippen molar-refractivity contribution in [2.75, 3.05) is 0 Å². The topological polar surface area (TPSA) is 52.0 Å². The van der Waals surface area contributed by atoms with Gasteiger partial charge >= 0.3 is 0 Å². The molecule has 0 unspecified atom stereocenters. The van der Waals surface area contributed by atoms with Crippen molar-refractivity contribution in [3.05, 3.63) is 0 Å². The monoisotopic (exact) mass is 434 g/mol. The number of fused-ring (bicyclic) bond motifs is 4. The first-order valence-electron chi connectivity index (χ1n) is 11.9. The number of rotatable bonds is 6. The molecule has 4 aliphatic carbocycles. The molecule has 0 saturated heterocycles. The van der Waals surface area contributed by atoms with Crippen LogP contribution in [0.2, 0.25) is 0 Å². The first-order valence-corrected chi connectivity index (χ1v) is 11.9. The fourth-order valence-electron chi connectivity index (χ4n) is 7.36. The SMILES string of the molecule is CCCC[C@@]1(C)[C@H]2CC[C@H](C2)[C@H]1N.CCCC[C@]1(C)[C@@H]2CC[C@@H](C2)[C@@H]1N.Cl.Cl. The van der Waals surface area contributed by atoms with Crippen LogP contribution in [0.4, 0.5) is 0 Å². The van der Waals surface area contributed by atoms with Gasteiger partial charge in [0.15, 0.2) is 0 Å². The van der Waals surface area contributed by atoms with E-state index in [1.54, 1.807) is 0 Å². The summed E-state index contributed by atoms with van der Waals surface area (Å²) in [5.74, 6) is 3.65. The van der Waals surface area contributed by atoms with E-state index in [9.17, 15) is 0 Å². The molecular weight excluding hydrogens is 387 g/mol. The zero-order valence-corrected chi connectivity index (χ0v) is 20.6. The summed E-state index contributed by atoms with van der Waals surface area (Å²) in [4.78, 5) is 0. The second-order valence-electron chi connectivity index (χ2n) is 10.8. The molecule has 4 N–H and O–H groups in total. The summed E-state index contributed by atoms with van der Waals surface area (Å²) >= 11 is 0. The van der Waals surface area contributed by atoms with Gasteiger partial charge in [0.05, 0.1) is 0 Å². The molecule has 0 aromatic carbocycles. The Hall–Kier alpha value is 0.500. The van der Waals surface area contributed by atoms with Gasteiger partial charge in [-0.3, -0.25) is 0 Å². The van der Waals surface area contributed by atoms with Crippen molar-refractivity contribution in [3.63, 3.8) is 0 Å². The Morgan fingerprint density at radius 2 is 1.04 bits per heavy atom. The summed E-state index contributed by atoms with van der Waals surface area (Å²) in [5.41, 5.74) is 13.7. The van der Waals surface area contributed by atoms with Crippen molar-refractivity contribution in [2.24, 2.45) is 46.0 Å². The van der Waals surface area contributed by atoms with Gasteiger partial charge in [0, 0.05) is 12.1 Å². The largest absolute Gasteiger partial charge is 0.327 e. The van der Waals surface area contributed by atoms with Crippen LogP contribution < -0.4 is 11.5 Å². The van der Waals surface area contributed by atoms with Gasteiger partial charge in [0.25, 0.3) is 0 Å². The van der Waals surface area contributed by atoms with Gasteiger partial charge in [-0.1, -0.05) is 53.4 Å². The smallest absolute Gasteiger partial charge is 0.0124 e. The summed E-state index contributed by atoms with van der Waals surface area (Å²) in [7, 11) is 0. The van der Waals surface area contributed by atoms with E-state index in [0.29, 0.717) is 22.9 Å². The third-order valence-corrected chi connectivity index (χ3v) is 9.49. The first kappa shape index (κ1) is 26.5. The lowest BCUT2D eigenvalue weighted by molar-refractivity contribution is 0.138. The van der Waals surface area contributed by atoms with Crippen molar-refractivity contribution >= 4 is 24.8 Å². The van der Waals surface area contributed by atoms with Crippen molar-refractivity contribution in [1.82, 2.24) is 0 Å². The second-order valence-corrected chi connectivity index (χ2v) is 10.8. The number of hydrogen-bond donors (Lipinski definition) is 2. The minimum Gasteiger partial charge on any atom is -0.327 e. The quantitative estimate of drug-likeness (QED) is 0.486. The zero-order chi connectivity index (χ0) is 18.9. The standard InChI is InChI=1S/2C12H23N.2ClH/c2*1-3-4-7-12(2)10-6-5-9(8-10)11(12)13;;/h2*9-11H,3-8,13H2,1-2H3;2*1H/t2*9-,10+,11-,12+;;/m10../s1. The van der Waals surface area contributed by atoms with Crippen LogP contribution in [0, 0.1) is 34.5 Å². The average molecular weight is 436 g/mol. The van der Waals surface area contributed by atoms with Crippen molar-refractivity contribution in [2.45, 2.75) is 117 Å². The number of hydrogen-bond acceptors (Lipinski definition) is 2. The molecule has 0 amide bonds. The van der Waals surface area contributed by atoms with Crippen molar-refractivity contribution in [3.8, 4) is 0 Å². The fourth-order valence-corrected chi connectivity index (χ4v) is 7.36. The maximum Gasteiger partial charge on any atom is 0.0124 e. The molecule has 0 aromatic heterocycles. The van der Waals surface area contributed by atoms with E-state index in [4.69, 9.17) is 11.5 Å². The molecule has 0 aromatic rings. The van der Waals surface area contributed by atoms with Crippen LogP contribution in [0.1, 0.15) is 105 Å². The van der Waals surface area contributed by atoms with Gasteiger partial charge in [0.1, 0.15) is 0 Å². The Balaban J connectivity index is 0.000000261. The fraction of sp³-hybridized carbons (Fsp3) is 1.00. The van der Waals surface area contributed by atoms with Gasteiger partial charge in [-0.2, -0.15) is 0 Å². The lowest BCUT2D eigenvalue weighted by Gasteiger charge is -2.39. The molecule has 0 spiro atoms. The summed E-state index contributed by atoms with van der Waals surface area (Å²) in [6.45, 7) is 9.44. The van der Waals surface area contributed by atoms with Crippen LogP contribution in [0.3, 0.4) is 0 Å². The molecule has 4 aliphatic rings. The zero-order valence-electron chi connectivity index (χ0n) is 18.9. The van der Waals surface area contributed by atoms with E-state index >= 15 is 0 Å². The van der Waals surface area contributed by atoms with E-state index < -0.39 is 0 Å². The Morgan fingerprint density at radius 1 is 0.679 bits per heavy atom. The van der Waals surface area contributed by atoms with Crippen LogP contribution in [0.5, 0.6) is 0 Å². The predicted molar refractivity (Wildman–Crippen MR) is 127 cm³/mol. The van der Waals surface area contributed by atoms with E-state index in [0.717, 1.165) is 23.7 Å². The molecule has 0 heterocycles. The van der Waals surface area contributed by atoms with E-state index in [1.807, 2.05) is 0 Å². The molecule has 4 heteroatoms. The highest BCUT2D eigenvalue weighted by molar-refractivity contribution is 5.85. The molecule has 4 fully saturated rings. The maximum atomic E-state index is 6.34. The number of unbranched alkanes of at least 4 members (excludes halogenated alkanes) is 2. The van der Waals surface area contributed by atoms with Crippen molar-refractivity contribution < 1.29 is 0 Å². The third kappa shape index (κ3) is 4.71. The lowest BCUT2D eigenvalue weighted by Crippen LogP contribution is -2.44. The highest BCUT2D eigenvalue weighted by Crippen LogP contribution is 2.58. The van der Waals surface area contributed by atoms with Gasteiger partial charge in [0.2, 0.25) is 0 Å². The van der Waals surface area contributed by atoms with Crippen LogP contribution in [0.15, 0.2) is 0 Å². The first-order chi connectivity index (χ1) is 12.4. The normalized spacial score (nSPS) is 45.2. The predicted octanol–water partition coefficient (Wildman–Crippen LogP) is 6.72. The Bertz CT molecular complexity index is 424. The molecule has 4 saturated carbocycles. The minimum absolute atomic E-state index is 0. The van der Waals surface area contributed by atoms with Crippen LogP contribution in [-0.4, -0.2) is 12.1 Å². The van der Waals surface area contributed by atoms with Gasteiger partial charge < -0.3 is 11.5 Å². The van der Waals surface area contributed by atoms with Gasteiger partial charge in [-0.25, -0.2) is 0 Å². The average Bonchev–Trinajstić information content (AvgIpc) is 3.39. The van der Waals surface area contributed by atoms with Gasteiger partial charge in [-0.15, -0.1) is 24.8 Å². The molecule has 168 valence electrons. The molecule has 4 bridgehead atoms. The van der Waals surface area contributed by atoms with Crippen molar-refractivity contribution in [1.29, 1.82) is 0 Å². The molecule has 8 atom stereocenters. The Morgan fingerprint density at radius 3 is 1.29 bits per heavy atom. The second kappa shape index (κ2) is 10.7. The van der Waals surface area contributed by atoms with E-state index in [-0.39, 0.29) is 24.8 Å². The molecule has 0 radical (unpaired) electrons. The highest BCUT2D eigenvalue weighted by atomic mass is 35.5. The third-order valence-electron chi connectivity index (χ3n) is 9.49. The number of nitrogens with two attached hydrogens (primary N) is 2. The van der Waals surface area contributed by atoms with E-state index in [1.165, 1.54) is 77.0 Å². The molecule has 28 heavy (non-hydrogen) atoms. The minimum atomic E-state index is 0. The van der Waals surface area contributed by atoms with Gasteiger partial charge in [-0.05, 0) is 85.9 Å². The van der Waals surface area contributed by atoms with Crippen LogP contribution >= 0.6 is 24.8 Å². The molecule has 0 aliphatic heterocycles. The molecule has 2 nitrogen and oxygen atoms in total. The molecular formula is C24H48Cl2N2. The summed E-state index contributed by atoms with van der Waals surface area (Å²) < 4.78 is 0. The molecule has 4 rings (SSSR count). The number of halogens is 2. The lowest BCUT2D eigenvalue weighted by atomic mass is 9.69. The Kier molecular flexibility index (Phi) is 10.1. The van der Waals surface area contributed by atoms with E-state index in [2.05, 4.69) is 27.7 Å². The summed E-state index contributed by atoms with van der Waals surface area (Å²) in [6.07, 6.45) is 16.7. The summed E-state index contributed by atoms with van der Waals surface area (Å²) in [5, 5.41) is 0.